The number of anilines is 1. The summed E-state index contributed by atoms with van der Waals surface area (Å²) in [5, 5.41) is 5.08. The van der Waals surface area contributed by atoms with Gasteiger partial charge >= 0.3 is 0 Å². The predicted molar refractivity (Wildman–Crippen MR) is 152 cm³/mol. The fourth-order valence-corrected chi connectivity index (χ4v) is 5.55. The average molecular weight is 551 g/mol. The molecular formula is C29H39FN8O2. The Morgan fingerprint density at radius 1 is 1.00 bits per heavy atom. The Bertz CT molecular complexity index is 1220. The van der Waals surface area contributed by atoms with Gasteiger partial charge in [0.15, 0.2) is 17.3 Å². The van der Waals surface area contributed by atoms with E-state index in [-0.39, 0.29) is 23.5 Å². The van der Waals surface area contributed by atoms with E-state index in [9.17, 15) is 4.39 Å². The third-order valence-electron chi connectivity index (χ3n) is 7.61. The van der Waals surface area contributed by atoms with E-state index in [4.69, 9.17) is 25.3 Å². The van der Waals surface area contributed by atoms with Crippen molar-refractivity contribution in [3.05, 3.63) is 53.7 Å². The lowest BCUT2D eigenvalue weighted by Gasteiger charge is -2.33. The van der Waals surface area contributed by atoms with Gasteiger partial charge in [-0.3, -0.25) is 9.91 Å². The van der Waals surface area contributed by atoms with Crippen LogP contribution < -0.4 is 25.6 Å². The third-order valence-corrected chi connectivity index (χ3v) is 7.61. The van der Waals surface area contributed by atoms with Gasteiger partial charge in [0.2, 0.25) is 11.8 Å². The van der Waals surface area contributed by atoms with Crippen molar-refractivity contribution in [3.63, 3.8) is 0 Å². The van der Waals surface area contributed by atoms with E-state index in [1.807, 2.05) is 20.0 Å². The molecule has 0 radical (unpaired) electrons. The van der Waals surface area contributed by atoms with Crippen LogP contribution in [-0.4, -0.2) is 70.3 Å². The maximum absolute atomic E-state index is 14.7. The molecule has 0 amide bonds. The molecule has 3 aromatic rings. The lowest BCUT2D eigenvalue weighted by molar-refractivity contribution is 0.203. The fourth-order valence-electron chi connectivity index (χ4n) is 5.55. The van der Waals surface area contributed by atoms with Crippen LogP contribution in [0.5, 0.6) is 11.5 Å². The van der Waals surface area contributed by atoms with E-state index in [1.165, 1.54) is 0 Å². The van der Waals surface area contributed by atoms with Crippen molar-refractivity contribution in [2.75, 3.05) is 44.4 Å². The number of nitrogens with zero attached hydrogens (tertiary/aromatic N) is 6. The van der Waals surface area contributed by atoms with Gasteiger partial charge in [0, 0.05) is 30.7 Å². The number of hydrazine groups is 1. The molecule has 2 saturated heterocycles. The van der Waals surface area contributed by atoms with Gasteiger partial charge in [0.1, 0.15) is 5.69 Å². The van der Waals surface area contributed by atoms with Crippen LogP contribution in [0.25, 0.3) is 11.5 Å². The predicted octanol–water partition coefficient (Wildman–Crippen LogP) is 3.68. The second kappa shape index (κ2) is 13.3. The first-order chi connectivity index (χ1) is 19.6. The van der Waals surface area contributed by atoms with Crippen LogP contribution >= 0.6 is 0 Å². The molecule has 4 heterocycles. The minimum absolute atomic E-state index is 0.192. The van der Waals surface area contributed by atoms with E-state index in [0.29, 0.717) is 31.5 Å². The van der Waals surface area contributed by atoms with Crippen molar-refractivity contribution in [3.8, 4) is 23.0 Å². The number of likely N-dealkylation sites (tertiary alicyclic amines) is 1. The zero-order chi connectivity index (χ0) is 27.9. The van der Waals surface area contributed by atoms with Crippen LogP contribution in [0.4, 0.5) is 10.3 Å². The van der Waals surface area contributed by atoms with Crippen LogP contribution in [0, 0.1) is 5.82 Å². The maximum Gasteiger partial charge on any atom is 0.240 e. The molecule has 0 aliphatic carbocycles. The van der Waals surface area contributed by atoms with Crippen molar-refractivity contribution >= 4 is 5.95 Å². The summed E-state index contributed by atoms with van der Waals surface area (Å²) in [7, 11) is 0. The first-order valence-corrected chi connectivity index (χ1v) is 14.3. The summed E-state index contributed by atoms with van der Waals surface area (Å²) in [6.45, 7) is 8.80. The molecule has 0 unspecified atom stereocenters. The molecule has 5 rings (SSSR count). The summed E-state index contributed by atoms with van der Waals surface area (Å²) in [5.74, 6) is 7.88. The Hall–Kier alpha value is -3.41. The van der Waals surface area contributed by atoms with Gasteiger partial charge < -0.3 is 14.8 Å². The zero-order valence-corrected chi connectivity index (χ0v) is 23.4. The van der Waals surface area contributed by atoms with Gasteiger partial charge in [-0.1, -0.05) is 0 Å². The Morgan fingerprint density at radius 3 is 2.27 bits per heavy atom. The lowest BCUT2D eigenvalue weighted by Crippen LogP contribution is -2.48. The van der Waals surface area contributed by atoms with Crippen LogP contribution in [-0.2, 0) is 6.54 Å². The first-order valence-electron chi connectivity index (χ1n) is 14.3. The Kier molecular flexibility index (Phi) is 9.35. The van der Waals surface area contributed by atoms with Gasteiger partial charge in [0.05, 0.1) is 19.3 Å². The molecule has 40 heavy (non-hydrogen) atoms. The second-order valence-electron chi connectivity index (χ2n) is 10.3. The molecular weight excluding hydrogens is 511 g/mol. The molecule has 2 fully saturated rings. The standard InChI is InChI=1S/C29H39FN8O2/c1-3-39-24-16-20(17-25(26(24)30)40-4-2)19-37-14-8-21(9-15-37)23-18-35-29(38(31)22-6-12-32-13-7-22)36-27(23)28-33-10-5-11-34-28/h5,10-11,16-18,21-22,32H,3-4,6-9,12-15,19,31H2,1-2H3. The molecule has 11 heteroatoms. The second-order valence-corrected chi connectivity index (χ2v) is 10.3. The van der Waals surface area contributed by atoms with Crippen molar-refractivity contribution < 1.29 is 13.9 Å². The minimum Gasteiger partial charge on any atom is -0.491 e. The number of hydrogen-bond acceptors (Lipinski definition) is 10. The topological polar surface area (TPSA) is 115 Å². The summed E-state index contributed by atoms with van der Waals surface area (Å²) < 4.78 is 25.8. The molecule has 0 atom stereocenters. The molecule has 0 saturated carbocycles. The summed E-state index contributed by atoms with van der Waals surface area (Å²) in [6, 6.07) is 5.56. The molecule has 10 nitrogen and oxygen atoms in total. The Labute approximate surface area is 235 Å². The number of aromatic nitrogens is 4. The molecule has 214 valence electrons. The molecule has 2 aliphatic heterocycles. The minimum atomic E-state index is -0.443. The number of nitrogens with one attached hydrogen (secondary N) is 1. The molecule has 3 N–H and O–H groups in total. The largest absolute Gasteiger partial charge is 0.491 e. The first kappa shape index (κ1) is 28.1. The highest BCUT2D eigenvalue weighted by molar-refractivity contribution is 5.57. The van der Waals surface area contributed by atoms with Crippen LogP contribution in [0.3, 0.4) is 0 Å². The average Bonchev–Trinajstić information content (AvgIpc) is 3.00. The highest BCUT2D eigenvalue weighted by atomic mass is 19.1. The fraction of sp³-hybridized carbons (Fsp3) is 0.517. The quantitative estimate of drug-likeness (QED) is 0.286. The maximum atomic E-state index is 14.7. The molecule has 2 aliphatic rings. The van der Waals surface area contributed by atoms with E-state index in [1.54, 1.807) is 35.6 Å². The number of piperidine rings is 2. The number of rotatable bonds is 10. The van der Waals surface area contributed by atoms with Crippen molar-refractivity contribution in [1.82, 2.24) is 30.2 Å². The summed E-state index contributed by atoms with van der Waals surface area (Å²) in [4.78, 5) is 21.0. The Morgan fingerprint density at radius 2 is 1.65 bits per heavy atom. The van der Waals surface area contributed by atoms with Crippen molar-refractivity contribution in [1.29, 1.82) is 0 Å². The van der Waals surface area contributed by atoms with E-state index < -0.39 is 5.82 Å². The van der Waals surface area contributed by atoms with E-state index in [2.05, 4.69) is 20.2 Å². The van der Waals surface area contributed by atoms with Crippen molar-refractivity contribution in [2.24, 2.45) is 5.84 Å². The highest BCUT2D eigenvalue weighted by Gasteiger charge is 2.28. The van der Waals surface area contributed by atoms with E-state index >= 15 is 0 Å². The van der Waals surface area contributed by atoms with Gasteiger partial charge in [0.25, 0.3) is 0 Å². The summed E-state index contributed by atoms with van der Waals surface area (Å²) in [6.07, 6.45) is 9.14. The van der Waals surface area contributed by atoms with Gasteiger partial charge in [-0.2, -0.15) is 4.39 Å². The summed E-state index contributed by atoms with van der Waals surface area (Å²) in [5.41, 5.74) is 2.76. The van der Waals surface area contributed by atoms with Crippen LogP contribution in [0.2, 0.25) is 0 Å². The monoisotopic (exact) mass is 550 g/mol. The van der Waals surface area contributed by atoms with Gasteiger partial charge in [-0.25, -0.2) is 25.8 Å². The third kappa shape index (κ3) is 6.48. The number of nitrogens with two attached hydrogens (primary N) is 1. The number of benzene rings is 1. The van der Waals surface area contributed by atoms with Crippen molar-refractivity contribution in [2.45, 2.75) is 58.0 Å². The SMILES string of the molecule is CCOc1cc(CN2CCC(c3cnc(N(N)C4CCNCC4)nc3-c3ncccn3)CC2)cc(OCC)c1F. The number of hydrogen-bond donors (Lipinski definition) is 2. The van der Waals surface area contributed by atoms with Gasteiger partial charge in [-0.05, 0) is 95.4 Å². The van der Waals surface area contributed by atoms with Crippen LogP contribution in [0.1, 0.15) is 56.6 Å². The Balaban J connectivity index is 1.32. The molecule has 0 spiro atoms. The van der Waals surface area contributed by atoms with Crippen LogP contribution in [0.15, 0.2) is 36.8 Å². The number of ether oxygens (including phenoxy) is 2. The van der Waals surface area contributed by atoms with Gasteiger partial charge in [-0.15, -0.1) is 0 Å². The lowest BCUT2D eigenvalue weighted by atomic mass is 9.88. The zero-order valence-electron chi connectivity index (χ0n) is 23.4. The molecule has 1 aromatic carbocycles. The molecule has 0 bridgehead atoms. The highest BCUT2D eigenvalue weighted by Crippen LogP contribution is 2.35. The molecule has 2 aromatic heterocycles. The summed E-state index contributed by atoms with van der Waals surface area (Å²) >= 11 is 0. The normalized spacial score (nSPS) is 17.1. The number of halogens is 1. The smallest absolute Gasteiger partial charge is 0.240 e. The van der Waals surface area contributed by atoms with E-state index in [0.717, 1.165) is 68.7 Å².